The van der Waals surface area contributed by atoms with E-state index in [4.69, 9.17) is 0 Å². The van der Waals surface area contributed by atoms with E-state index in [0.29, 0.717) is 5.69 Å². The van der Waals surface area contributed by atoms with Crippen molar-refractivity contribution in [1.29, 1.82) is 0 Å². The number of rotatable bonds is 5. The van der Waals surface area contributed by atoms with Crippen LogP contribution in [-0.4, -0.2) is 31.2 Å². The Balaban J connectivity index is 2.05. The molecule has 0 N–H and O–H groups in total. The highest BCUT2D eigenvalue weighted by molar-refractivity contribution is 7.13. The Morgan fingerprint density at radius 2 is 2.44 bits per heavy atom. The summed E-state index contributed by atoms with van der Waals surface area (Å²) in [7, 11) is 1.38. The van der Waals surface area contributed by atoms with E-state index in [9.17, 15) is 4.79 Å². The average molecular weight is 240 g/mol. The Morgan fingerprint density at radius 1 is 1.69 bits per heavy atom. The van der Waals surface area contributed by atoms with Gasteiger partial charge in [0.05, 0.1) is 7.11 Å². The first-order valence-corrected chi connectivity index (χ1v) is 6.41. The van der Waals surface area contributed by atoms with Crippen LogP contribution < -0.4 is 4.90 Å². The molecule has 0 aromatic carbocycles. The van der Waals surface area contributed by atoms with Gasteiger partial charge in [0.25, 0.3) is 0 Å². The summed E-state index contributed by atoms with van der Waals surface area (Å²) >= 11 is 1.51. The standard InChI is InChI=1S/C11H16N2O2S/c1-3-13(6-8-4-5-8)11-12-9(7-16-11)10(14)15-2/h7-8H,3-6H2,1-2H3. The second-order valence-electron chi connectivity index (χ2n) is 3.99. The van der Waals surface area contributed by atoms with Crippen molar-refractivity contribution in [2.75, 3.05) is 25.1 Å². The molecule has 0 spiro atoms. The quantitative estimate of drug-likeness (QED) is 0.740. The minimum Gasteiger partial charge on any atom is -0.464 e. The van der Waals surface area contributed by atoms with Crippen molar-refractivity contribution in [3.05, 3.63) is 11.1 Å². The first kappa shape index (κ1) is 11.4. The number of nitrogens with zero attached hydrogens (tertiary/aromatic N) is 2. The lowest BCUT2D eigenvalue weighted by Crippen LogP contribution is -2.25. The van der Waals surface area contributed by atoms with Crippen molar-refractivity contribution >= 4 is 22.4 Å². The van der Waals surface area contributed by atoms with Gasteiger partial charge in [-0.2, -0.15) is 0 Å². The molecule has 4 nitrogen and oxygen atoms in total. The van der Waals surface area contributed by atoms with Gasteiger partial charge >= 0.3 is 5.97 Å². The van der Waals surface area contributed by atoms with Gasteiger partial charge in [0, 0.05) is 18.5 Å². The van der Waals surface area contributed by atoms with Crippen LogP contribution in [0, 0.1) is 5.92 Å². The molecule has 1 aliphatic carbocycles. The molecule has 16 heavy (non-hydrogen) atoms. The third-order valence-corrected chi connectivity index (χ3v) is 3.62. The van der Waals surface area contributed by atoms with Gasteiger partial charge in [0.15, 0.2) is 10.8 Å². The molecule has 1 saturated carbocycles. The van der Waals surface area contributed by atoms with Crippen LogP contribution in [0.15, 0.2) is 5.38 Å². The molecular weight excluding hydrogens is 224 g/mol. The minimum atomic E-state index is -0.357. The molecule has 0 aliphatic heterocycles. The van der Waals surface area contributed by atoms with Gasteiger partial charge in [-0.25, -0.2) is 9.78 Å². The first-order valence-electron chi connectivity index (χ1n) is 5.53. The van der Waals surface area contributed by atoms with Crippen LogP contribution in [0.4, 0.5) is 5.13 Å². The second-order valence-corrected chi connectivity index (χ2v) is 4.83. The number of thiazole rings is 1. The van der Waals surface area contributed by atoms with E-state index in [2.05, 4.69) is 21.5 Å². The summed E-state index contributed by atoms with van der Waals surface area (Å²) in [6, 6.07) is 0. The highest BCUT2D eigenvalue weighted by atomic mass is 32.1. The summed E-state index contributed by atoms with van der Waals surface area (Å²) in [5.41, 5.74) is 0.414. The fourth-order valence-corrected chi connectivity index (χ4v) is 2.43. The van der Waals surface area contributed by atoms with Gasteiger partial charge in [-0.3, -0.25) is 0 Å². The van der Waals surface area contributed by atoms with Gasteiger partial charge in [0.2, 0.25) is 0 Å². The molecule has 0 amide bonds. The van der Waals surface area contributed by atoms with Crippen LogP contribution >= 0.6 is 11.3 Å². The maximum absolute atomic E-state index is 11.3. The zero-order chi connectivity index (χ0) is 11.5. The smallest absolute Gasteiger partial charge is 0.357 e. The molecule has 5 heteroatoms. The molecule has 0 bridgehead atoms. The van der Waals surface area contributed by atoms with Crippen LogP contribution in [0.2, 0.25) is 0 Å². The van der Waals surface area contributed by atoms with Gasteiger partial charge in [-0.1, -0.05) is 0 Å². The predicted octanol–water partition coefficient (Wildman–Crippen LogP) is 2.17. The molecule has 0 unspecified atom stereocenters. The van der Waals surface area contributed by atoms with Gasteiger partial charge in [-0.15, -0.1) is 11.3 Å². The lowest BCUT2D eigenvalue weighted by Gasteiger charge is -2.18. The number of esters is 1. The summed E-state index contributed by atoms with van der Waals surface area (Å²) in [4.78, 5) is 17.8. The van der Waals surface area contributed by atoms with Gasteiger partial charge < -0.3 is 9.64 Å². The number of anilines is 1. The molecule has 1 heterocycles. The van der Waals surface area contributed by atoms with Crippen molar-refractivity contribution in [3.8, 4) is 0 Å². The lowest BCUT2D eigenvalue weighted by atomic mass is 10.4. The normalized spacial score (nSPS) is 14.9. The maximum Gasteiger partial charge on any atom is 0.357 e. The van der Waals surface area contributed by atoms with E-state index in [-0.39, 0.29) is 5.97 Å². The molecule has 1 aromatic rings. The van der Waals surface area contributed by atoms with Crippen LogP contribution in [0.25, 0.3) is 0 Å². The van der Waals surface area contributed by atoms with Crippen LogP contribution in [0.1, 0.15) is 30.3 Å². The van der Waals surface area contributed by atoms with Crippen molar-refractivity contribution in [2.45, 2.75) is 19.8 Å². The van der Waals surface area contributed by atoms with Crippen molar-refractivity contribution in [1.82, 2.24) is 4.98 Å². The summed E-state index contributed by atoms with van der Waals surface area (Å²) < 4.78 is 4.64. The largest absolute Gasteiger partial charge is 0.464 e. The second kappa shape index (κ2) is 4.82. The van der Waals surface area contributed by atoms with E-state index in [1.165, 1.54) is 31.3 Å². The molecule has 0 radical (unpaired) electrons. The highest BCUT2D eigenvalue weighted by Gasteiger charge is 2.25. The molecule has 0 saturated heterocycles. The first-order chi connectivity index (χ1) is 7.74. The minimum absolute atomic E-state index is 0.357. The third-order valence-electron chi connectivity index (χ3n) is 2.71. The fraction of sp³-hybridized carbons (Fsp3) is 0.636. The van der Waals surface area contributed by atoms with E-state index >= 15 is 0 Å². The summed E-state index contributed by atoms with van der Waals surface area (Å²) in [6.45, 7) is 4.11. The summed E-state index contributed by atoms with van der Waals surface area (Å²) in [6.07, 6.45) is 2.65. The Hall–Kier alpha value is -1.10. The van der Waals surface area contributed by atoms with Gasteiger partial charge in [0.1, 0.15) is 0 Å². The van der Waals surface area contributed by atoms with E-state index in [0.717, 1.165) is 24.1 Å². The maximum atomic E-state index is 11.3. The Morgan fingerprint density at radius 3 is 3.00 bits per heavy atom. The Kier molecular flexibility index (Phi) is 3.43. The SMILES string of the molecule is CCN(CC1CC1)c1nc(C(=O)OC)cs1. The summed E-state index contributed by atoms with van der Waals surface area (Å²) in [5, 5.41) is 2.69. The van der Waals surface area contributed by atoms with E-state index in [1.807, 2.05) is 0 Å². The Labute approximate surface area is 99.2 Å². The van der Waals surface area contributed by atoms with Crippen LogP contribution in [-0.2, 0) is 4.74 Å². The number of hydrogen-bond acceptors (Lipinski definition) is 5. The molecular formula is C11H16N2O2S. The predicted molar refractivity (Wildman–Crippen MR) is 64.1 cm³/mol. The van der Waals surface area contributed by atoms with E-state index in [1.54, 1.807) is 5.38 Å². The number of ether oxygens (including phenoxy) is 1. The number of carbonyl (C=O) groups excluding carboxylic acids is 1. The lowest BCUT2D eigenvalue weighted by molar-refractivity contribution is 0.0595. The number of aromatic nitrogens is 1. The summed E-state index contributed by atoms with van der Waals surface area (Å²) in [5.74, 6) is 0.468. The monoisotopic (exact) mass is 240 g/mol. The van der Waals surface area contributed by atoms with Crippen LogP contribution in [0.5, 0.6) is 0 Å². The molecule has 1 fully saturated rings. The third kappa shape index (κ3) is 2.52. The number of carbonyl (C=O) groups is 1. The molecule has 1 aliphatic rings. The van der Waals surface area contributed by atoms with Crippen LogP contribution in [0.3, 0.4) is 0 Å². The topological polar surface area (TPSA) is 42.4 Å². The van der Waals surface area contributed by atoms with Crippen molar-refractivity contribution in [3.63, 3.8) is 0 Å². The molecule has 2 rings (SSSR count). The Bertz CT molecular complexity index is 374. The highest BCUT2D eigenvalue weighted by Crippen LogP contribution is 2.32. The van der Waals surface area contributed by atoms with Crippen molar-refractivity contribution in [2.24, 2.45) is 5.92 Å². The molecule has 88 valence electrons. The van der Waals surface area contributed by atoms with E-state index < -0.39 is 0 Å². The zero-order valence-electron chi connectivity index (χ0n) is 9.60. The molecule has 1 aromatic heterocycles. The number of methoxy groups -OCH3 is 1. The zero-order valence-corrected chi connectivity index (χ0v) is 10.4. The van der Waals surface area contributed by atoms with Crippen molar-refractivity contribution < 1.29 is 9.53 Å². The fourth-order valence-electron chi connectivity index (χ4n) is 1.56. The van der Waals surface area contributed by atoms with Gasteiger partial charge in [-0.05, 0) is 25.7 Å². The number of hydrogen-bond donors (Lipinski definition) is 0. The average Bonchev–Trinajstić information content (AvgIpc) is 3.00. The molecule has 0 atom stereocenters.